The molecule has 3 aromatic rings. The minimum absolute atomic E-state index is 0.897. The molecule has 0 fully saturated rings. The average Bonchev–Trinajstić information content (AvgIpc) is 3.11. The van der Waals surface area contributed by atoms with Crippen LogP contribution in [-0.4, -0.2) is 74.6 Å². The van der Waals surface area contributed by atoms with Crippen LogP contribution in [0, 0.1) is 0 Å². The number of nitrogens with zero attached hydrogens (tertiary/aromatic N) is 4. The van der Waals surface area contributed by atoms with Crippen molar-refractivity contribution in [1.29, 1.82) is 0 Å². The van der Waals surface area contributed by atoms with Crippen molar-refractivity contribution < 1.29 is 50.9 Å². The van der Waals surface area contributed by atoms with Gasteiger partial charge in [0, 0.05) is 55.3 Å². The van der Waals surface area contributed by atoms with Crippen molar-refractivity contribution in [3.63, 3.8) is 0 Å². The summed E-state index contributed by atoms with van der Waals surface area (Å²) in [4.78, 5) is 33.5. The molecule has 0 spiro atoms. The van der Waals surface area contributed by atoms with Crippen molar-refractivity contribution >= 4 is 11.9 Å². The molecule has 0 bridgehead atoms. The number of rotatable bonds is 4. The Hall–Kier alpha value is -4.27. The number of methoxy groups -OCH3 is 1. The SMILES string of the molecule is COc1ccc(CN2CCc3ncnc(-c4ccncc4)c3CC2)cc1.O=C(O)C(F)(F)F.O=C(O)C(F)(F)F. The highest BCUT2D eigenvalue weighted by atomic mass is 19.4. The van der Waals surface area contributed by atoms with Gasteiger partial charge in [-0.15, -0.1) is 0 Å². The first-order chi connectivity index (χ1) is 18.7. The minimum atomic E-state index is -5.08. The highest BCUT2D eigenvalue weighted by molar-refractivity contribution is 5.73. The van der Waals surface area contributed by atoms with E-state index in [2.05, 4.69) is 32.0 Å². The van der Waals surface area contributed by atoms with Crippen LogP contribution in [0.25, 0.3) is 11.3 Å². The number of aromatic nitrogens is 3. The molecule has 1 aliphatic rings. The van der Waals surface area contributed by atoms with Crippen molar-refractivity contribution in [3.05, 3.63) is 71.9 Å². The number of alkyl halides is 6. The van der Waals surface area contributed by atoms with Gasteiger partial charge in [0.15, 0.2) is 0 Å². The van der Waals surface area contributed by atoms with E-state index in [9.17, 15) is 26.3 Å². The van der Waals surface area contributed by atoms with Gasteiger partial charge in [0.25, 0.3) is 0 Å². The minimum Gasteiger partial charge on any atom is -0.497 e. The lowest BCUT2D eigenvalue weighted by Gasteiger charge is -2.19. The fourth-order valence-electron chi connectivity index (χ4n) is 3.48. The number of fused-ring (bicyclic) bond motifs is 1. The number of ether oxygens (including phenoxy) is 1. The molecule has 0 saturated carbocycles. The van der Waals surface area contributed by atoms with Gasteiger partial charge in [-0.25, -0.2) is 19.6 Å². The summed E-state index contributed by atoms with van der Waals surface area (Å²) in [7, 11) is 1.70. The number of carboxylic acid groups (broad SMARTS) is 2. The number of carbonyl (C=O) groups is 2. The largest absolute Gasteiger partial charge is 0.497 e. The molecular weight excluding hydrogens is 550 g/mol. The Morgan fingerprint density at radius 1 is 0.875 bits per heavy atom. The van der Waals surface area contributed by atoms with E-state index < -0.39 is 24.3 Å². The lowest BCUT2D eigenvalue weighted by Crippen LogP contribution is -2.25. The van der Waals surface area contributed by atoms with Gasteiger partial charge in [-0.3, -0.25) is 9.88 Å². The molecule has 0 unspecified atom stereocenters. The Bertz CT molecular complexity index is 1230. The average molecular weight is 574 g/mol. The molecule has 0 atom stereocenters. The molecule has 9 nitrogen and oxygen atoms in total. The molecule has 2 aromatic heterocycles. The molecule has 15 heteroatoms. The zero-order valence-electron chi connectivity index (χ0n) is 20.9. The topological polar surface area (TPSA) is 126 Å². The molecular formula is C25H24F6N4O5. The van der Waals surface area contributed by atoms with Gasteiger partial charge in [0.1, 0.15) is 12.1 Å². The molecule has 4 rings (SSSR count). The molecule has 3 heterocycles. The van der Waals surface area contributed by atoms with Crippen LogP contribution in [0.15, 0.2) is 55.1 Å². The smallest absolute Gasteiger partial charge is 0.490 e. The van der Waals surface area contributed by atoms with Gasteiger partial charge >= 0.3 is 24.3 Å². The fraction of sp³-hybridized carbons (Fsp3) is 0.320. The zero-order chi connectivity index (χ0) is 29.9. The molecule has 0 amide bonds. The second-order valence-corrected chi connectivity index (χ2v) is 8.11. The van der Waals surface area contributed by atoms with E-state index in [4.69, 9.17) is 24.5 Å². The quantitative estimate of drug-likeness (QED) is 0.436. The zero-order valence-corrected chi connectivity index (χ0v) is 20.9. The Morgan fingerprint density at radius 3 is 1.90 bits per heavy atom. The third-order valence-electron chi connectivity index (χ3n) is 5.38. The van der Waals surface area contributed by atoms with E-state index in [1.807, 2.05) is 36.7 Å². The third-order valence-corrected chi connectivity index (χ3v) is 5.38. The molecule has 0 saturated heterocycles. The third kappa shape index (κ3) is 10.1. The summed E-state index contributed by atoms with van der Waals surface area (Å²) in [6, 6.07) is 12.4. The lowest BCUT2D eigenvalue weighted by molar-refractivity contribution is -0.193. The number of hydrogen-bond donors (Lipinski definition) is 2. The van der Waals surface area contributed by atoms with Crippen LogP contribution in [-0.2, 0) is 29.0 Å². The van der Waals surface area contributed by atoms with Gasteiger partial charge in [-0.1, -0.05) is 12.1 Å². The summed E-state index contributed by atoms with van der Waals surface area (Å²) in [5.41, 5.74) is 5.91. The molecule has 216 valence electrons. The van der Waals surface area contributed by atoms with Crippen LogP contribution in [0.1, 0.15) is 16.8 Å². The molecule has 1 aromatic carbocycles. The summed E-state index contributed by atoms with van der Waals surface area (Å²) in [5, 5.41) is 14.2. The Balaban J connectivity index is 0.000000333. The highest BCUT2D eigenvalue weighted by Crippen LogP contribution is 2.26. The van der Waals surface area contributed by atoms with Crippen LogP contribution in [0.2, 0.25) is 0 Å². The van der Waals surface area contributed by atoms with Gasteiger partial charge in [0.05, 0.1) is 12.8 Å². The maximum absolute atomic E-state index is 10.6. The van der Waals surface area contributed by atoms with Gasteiger partial charge < -0.3 is 14.9 Å². The number of carboxylic acids is 2. The van der Waals surface area contributed by atoms with Crippen molar-refractivity contribution in [2.24, 2.45) is 0 Å². The maximum Gasteiger partial charge on any atom is 0.490 e. The van der Waals surface area contributed by atoms with Gasteiger partial charge in [-0.2, -0.15) is 26.3 Å². The van der Waals surface area contributed by atoms with Gasteiger partial charge in [-0.05, 0) is 36.2 Å². The summed E-state index contributed by atoms with van der Waals surface area (Å²) in [6.45, 7) is 2.95. The summed E-state index contributed by atoms with van der Waals surface area (Å²) in [6.07, 6.45) is -2.93. The van der Waals surface area contributed by atoms with Crippen LogP contribution < -0.4 is 4.74 Å². The van der Waals surface area contributed by atoms with Gasteiger partial charge in [0.2, 0.25) is 0 Å². The summed E-state index contributed by atoms with van der Waals surface area (Å²) >= 11 is 0. The second-order valence-electron chi connectivity index (χ2n) is 8.11. The van der Waals surface area contributed by atoms with Crippen LogP contribution in [0.3, 0.4) is 0 Å². The van der Waals surface area contributed by atoms with Crippen molar-refractivity contribution in [2.75, 3.05) is 20.2 Å². The highest BCUT2D eigenvalue weighted by Gasteiger charge is 2.38. The molecule has 40 heavy (non-hydrogen) atoms. The Morgan fingerprint density at radius 2 is 1.40 bits per heavy atom. The van der Waals surface area contributed by atoms with Crippen LogP contribution in [0.4, 0.5) is 26.3 Å². The van der Waals surface area contributed by atoms with Crippen LogP contribution in [0.5, 0.6) is 5.75 Å². The molecule has 0 aliphatic carbocycles. The van der Waals surface area contributed by atoms with E-state index in [1.54, 1.807) is 13.4 Å². The maximum atomic E-state index is 10.6. The Labute approximate surface area is 224 Å². The van der Waals surface area contributed by atoms with E-state index in [0.717, 1.165) is 49.5 Å². The lowest BCUT2D eigenvalue weighted by atomic mass is 10.0. The number of halogens is 6. The van der Waals surface area contributed by atoms with E-state index in [-0.39, 0.29) is 0 Å². The predicted molar refractivity (Wildman–Crippen MR) is 128 cm³/mol. The standard InChI is InChI=1S/C21H22N4O.2C2HF3O2/c1-26-18-4-2-16(3-5-18)14-25-12-8-19-20(9-13-25)23-15-24-21(19)17-6-10-22-11-7-17;2*3-2(4,5)1(6)7/h2-7,10-11,15H,8-9,12-14H2,1H3;2*(H,6,7). The fourth-order valence-corrected chi connectivity index (χ4v) is 3.48. The molecule has 2 N–H and O–H groups in total. The van der Waals surface area contributed by atoms with Crippen molar-refractivity contribution in [2.45, 2.75) is 31.7 Å². The van der Waals surface area contributed by atoms with Crippen LogP contribution >= 0.6 is 0 Å². The first kappa shape index (κ1) is 31.9. The summed E-state index contributed by atoms with van der Waals surface area (Å²) in [5.74, 6) is -4.62. The monoisotopic (exact) mass is 574 g/mol. The number of hydrogen-bond acceptors (Lipinski definition) is 7. The van der Waals surface area contributed by atoms with Crippen molar-refractivity contribution in [3.8, 4) is 17.0 Å². The second kappa shape index (κ2) is 14.2. The van der Waals surface area contributed by atoms with E-state index >= 15 is 0 Å². The van der Waals surface area contributed by atoms with Crippen molar-refractivity contribution in [1.82, 2.24) is 19.9 Å². The predicted octanol–water partition coefficient (Wildman–Crippen LogP) is 4.41. The summed E-state index contributed by atoms with van der Waals surface area (Å²) < 4.78 is 68.7. The molecule has 0 radical (unpaired) electrons. The number of pyridine rings is 1. The normalized spacial score (nSPS) is 13.4. The molecule has 1 aliphatic heterocycles. The first-order valence-electron chi connectivity index (χ1n) is 11.4. The van der Waals surface area contributed by atoms with E-state index in [0.29, 0.717) is 0 Å². The first-order valence-corrected chi connectivity index (χ1v) is 11.4. The Kier molecular flexibility index (Phi) is 11.3. The number of aliphatic carboxylic acids is 2. The van der Waals surface area contributed by atoms with E-state index in [1.165, 1.54) is 16.8 Å². The number of benzene rings is 1.